The summed E-state index contributed by atoms with van der Waals surface area (Å²) in [6, 6.07) is 9.28. The molecule has 0 fully saturated rings. The molecule has 1 heterocycles. The van der Waals surface area contributed by atoms with Crippen LogP contribution in [0.15, 0.2) is 35.7 Å². The Morgan fingerprint density at radius 1 is 1.33 bits per heavy atom. The van der Waals surface area contributed by atoms with E-state index in [0.29, 0.717) is 18.7 Å². The number of phenols is 1. The van der Waals surface area contributed by atoms with Gasteiger partial charge in [0.2, 0.25) is 0 Å². The van der Waals surface area contributed by atoms with Gasteiger partial charge in [-0.05, 0) is 30.9 Å². The molecule has 2 unspecified atom stereocenters. The van der Waals surface area contributed by atoms with Gasteiger partial charge in [0, 0.05) is 29.1 Å². The van der Waals surface area contributed by atoms with Crippen LogP contribution in [0.3, 0.4) is 0 Å². The van der Waals surface area contributed by atoms with Crippen molar-refractivity contribution < 1.29 is 14.9 Å². The van der Waals surface area contributed by atoms with Crippen molar-refractivity contribution in [2.45, 2.75) is 32.0 Å². The maximum Gasteiger partial charge on any atom is 0.123 e. The van der Waals surface area contributed by atoms with Gasteiger partial charge in [-0.2, -0.15) is 0 Å². The van der Waals surface area contributed by atoms with Gasteiger partial charge in [-0.15, -0.1) is 11.3 Å². The number of hydrogen-bond acceptors (Lipinski definition) is 5. The molecule has 21 heavy (non-hydrogen) atoms. The Morgan fingerprint density at radius 2 is 2.14 bits per heavy atom. The van der Waals surface area contributed by atoms with Crippen molar-refractivity contribution in [1.82, 2.24) is 5.32 Å². The molecular weight excluding hydrogens is 286 g/mol. The summed E-state index contributed by atoms with van der Waals surface area (Å²) in [5.74, 6) is 0.852. The Kier molecular flexibility index (Phi) is 5.61. The minimum Gasteiger partial charge on any atom is -0.507 e. The molecule has 1 aromatic heterocycles. The van der Waals surface area contributed by atoms with Crippen LogP contribution in [-0.4, -0.2) is 23.4 Å². The monoisotopic (exact) mass is 307 g/mol. The predicted octanol–water partition coefficient (Wildman–Crippen LogP) is 3.06. The SMILES string of the molecule is COc1ccc(CNC(C)CC(O)c2cccs2)c(O)c1. The zero-order valence-electron chi connectivity index (χ0n) is 12.2. The first kappa shape index (κ1) is 15.8. The normalized spacial score (nSPS) is 13.9. The van der Waals surface area contributed by atoms with E-state index >= 15 is 0 Å². The summed E-state index contributed by atoms with van der Waals surface area (Å²) < 4.78 is 5.06. The second-order valence-corrected chi connectivity index (χ2v) is 6.02. The van der Waals surface area contributed by atoms with Crippen molar-refractivity contribution in [3.05, 3.63) is 46.2 Å². The molecule has 4 nitrogen and oxygen atoms in total. The number of methoxy groups -OCH3 is 1. The van der Waals surface area contributed by atoms with E-state index in [2.05, 4.69) is 5.32 Å². The number of aromatic hydroxyl groups is 1. The first-order chi connectivity index (χ1) is 10.1. The topological polar surface area (TPSA) is 61.7 Å². The second kappa shape index (κ2) is 7.45. The van der Waals surface area contributed by atoms with E-state index < -0.39 is 6.10 Å². The lowest BCUT2D eigenvalue weighted by atomic mass is 10.1. The van der Waals surface area contributed by atoms with Crippen LogP contribution in [0, 0.1) is 0 Å². The highest BCUT2D eigenvalue weighted by molar-refractivity contribution is 7.10. The van der Waals surface area contributed by atoms with Crippen LogP contribution in [0.25, 0.3) is 0 Å². The smallest absolute Gasteiger partial charge is 0.123 e. The fourth-order valence-corrected chi connectivity index (χ4v) is 2.84. The number of phenolic OH excluding ortho intramolecular Hbond substituents is 1. The summed E-state index contributed by atoms with van der Waals surface area (Å²) in [5.41, 5.74) is 0.813. The molecule has 1 aromatic carbocycles. The lowest BCUT2D eigenvalue weighted by molar-refractivity contribution is 0.157. The van der Waals surface area contributed by atoms with Crippen molar-refractivity contribution in [3.63, 3.8) is 0 Å². The van der Waals surface area contributed by atoms with Crippen LogP contribution < -0.4 is 10.1 Å². The average Bonchev–Trinajstić information content (AvgIpc) is 3.00. The summed E-state index contributed by atoms with van der Waals surface area (Å²) in [5, 5.41) is 25.3. The molecule has 2 atom stereocenters. The van der Waals surface area contributed by atoms with E-state index in [4.69, 9.17) is 4.74 Å². The van der Waals surface area contributed by atoms with Crippen molar-refractivity contribution in [2.75, 3.05) is 7.11 Å². The lowest BCUT2D eigenvalue weighted by Gasteiger charge is -2.17. The summed E-state index contributed by atoms with van der Waals surface area (Å²) in [6.07, 6.45) is 0.189. The number of rotatable bonds is 7. The van der Waals surface area contributed by atoms with Crippen LogP contribution >= 0.6 is 11.3 Å². The second-order valence-electron chi connectivity index (χ2n) is 5.04. The Morgan fingerprint density at radius 3 is 2.76 bits per heavy atom. The number of hydrogen-bond donors (Lipinski definition) is 3. The van der Waals surface area contributed by atoms with Crippen molar-refractivity contribution in [1.29, 1.82) is 0 Å². The van der Waals surface area contributed by atoms with Crippen LogP contribution in [0.5, 0.6) is 11.5 Å². The van der Waals surface area contributed by atoms with Crippen LogP contribution in [-0.2, 0) is 6.54 Å². The maximum atomic E-state index is 10.1. The highest BCUT2D eigenvalue weighted by atomic mass is 32.1. The molecule has 0 aliphatic heterocycles. The van der Waals surface area contributed by atoms with Gasteiger partial charge in [-0.1, -0.05) is 12.1 Å². The standard InChI is InChI=1S/C16H21NO3S/c1-11(8-15(19)16-4-3-7-21-16)17-10-12-5-6-13(20-2)9-14(12)18/h3-7,9,11,15,17-19H,8,10H2,1-2H3. The van der Waals surface area contributed by atoms with Crippen LogP contribution in [0.2, 0.25) is 0 Å². The predicted molar refractivity (Wildman–Crippen MR) is 84.9 cm³/mol. The summed E-state index contributed by atoms with van der Waals surface area (Å²) in [7, 11) is 1.57. The Bertz CT molecular complexity index is 557. The average molecular weight is 307 g/mol. The first-order valence-electron chi connectivity index (χ1n) is 6.91. The Hall–Kier alpha value is -1.56. The number of ether oxygens (including phenoxy) is 1. The van der Waals surface area contributed by atoms with Gasteiger partial charge in [0.25, 0.3) is 0 Å². The van der Waals surface area contributed by atoms with E-state index in [9.17, 15) is 10.2 Å². The molecule has 0 bridgehead atoms. The molecule has 0 radical (unpaired) electrons. The van der Waals surface area contributed by atoms with Gasteiger partial charge in [-0.3, -0.25) is 0 Å². The van der Waals surface area contributed by atoms with Crippen molar-refractivity contribution >= 4 is 11.3 Å². The maximum absolute atomic E-state index is 10.1. The third-order valence-corrected chi connectivity index (χ3v) is 4.36. The van der Waals surface area contributed by atoms with Crippen molar-refractivity contribution in [2.24, 2.45) is 0 Å². The minimum atomic E-state index is -0.447. The highest BCUT2D eigenvalue weighted by Crippen LogP contribution is 2.25. The fraction of sp³-hybridized carbons (Fsp3) is 0.375. The quantitative estimate of drug-likeness (QED) is 0.736. The molecule has 0 aliphatic carbocycles. The van der Waals surface area contributed by atoms with Crippen molar-refractivity contribution in [3.8, 4) is 11.5 Å². The van der Waals surface area contributed by atoms with Gasteiger partial charge in [0.15, 0.2) is 0 Å². The third-order valence-electron chi connectivity index (χ3n) is 3.38. The highest BCUT2D eigenvalue weighted by Gasteiger charge is 2.13. The van der Waals surface area contributed by atoms with Gasteiger partial charge < -0.3 is 20.3 Å². The number of thiophene rings is 1. The third kappa shape index (κ3) is 4.46. The largest absolute Gasteiger partial charge is 0.507 e. The van der Waals surface area contributed by atoms with E-state index in [1.165, 1.54) is 0 Å². The van der Waals surface area contributed by atoms with Gasteiger partial charge in [-0.25, -0.2) is 0 Å². The molecule has 0 saturated heterocycles. The zero-order valence-corrected chi connectivity index (χ0v) is 13.1. The summed E-state index contributed by atoms with van der Waals surface area (Å²) >= 11 is 1.56. The van der Waals surface area contributed by atoms with E-state index in [-0.39, 0.29) is 11.8 Å². The molecule has 2 rings (SSSR count). The molecule has 0 amide bonds. The minimum absolute atomic E-state index is 0.142. The van der Waals surface area contributed by atoms with E-state index in [0.717, 1.165) is 10.4 Å². The molecule has 3 N–H and O–H groups in total. The molecular formula is C16H21NO3S. The number of aliphatic hydroxyl groups is 1. The Balaban J connectivity index is 1.85. The van der Waals surface area contributed by atoms with Crippen LogP contribution in [0.4, 0.5) is 0 Å². The van der Waals surface area contributed by atoms with Crippen LogP contribution in [0.1, 0.15) is 29.9 Å². The lowest BCUT2D eigenvalue weighted by Crippen LogP contribution is -2.27. The summed E-state index contributed by atoms with van der Waals surface area (Å²) in [6.45, 7) is 2.57. The first-order valence-corrected chi connectivity index (χ1v) is 7.79. The zero-order chi connectivity index (χ0) is 15.2. The van der Waals surface area contributed by atoms with E-state index in [1.807, 2.05) is 36.6 Å². The molecule has 0 spiro atoms. The fourth-order valence-electron chi connectivity index (χ4n) is 2.12. The molecule has 5 heteroatoms. The Labute approximate surface area is 129 Å². The van der Waals surface area contributed by atoms with E-state index in [1.54, 1.807) is 24.5 Å². The molecule has 114 valence electrons. The molecule has 0 aliphatic rings. The number of aliphatic hydroxyl groups excluding tert-OH is 1. The number of nitrogens with one attached hydrogen (secondary N) is 1. The van der Waals surface area contributed by atoms with Gasteiger partial charge in [0.05, 0.1) is 13.2 Å². The number of benzene rings is 1. The van der Waals surface area contributed by atoms with Gasteiger partial charge in [0.1, 0.15) is 11.5 Å². The molecule has 2 aromatic rings. The molecule has 0 saturated carbocycles. The van der Waals surface area contributed by atoms with Gasteiger partial charge >= 0.3 is 0 Å². The summed E-state index contributed by atoms with van der Waals surface area (Å²) in [4.78, 5) is 0.982.